The van der Waals surface area contributed by atoms with Crippen molar-refractivity contribution in [3.8, 4) is 23.1 Å². The molecule has 0 unspecified atom stereocenters. The van der Waals surface area contributed by atoms with Gasteiger partial charge in [0.05, 0.1) is 5.56 Å². The van der Waals surface area contributed by atoms with Crippen LogP contribution in [-0.4, -0.2) is 25.1 Å². The van der Waals surface area contributed by atoms with Crippen LogP contribution in [0.2, 0.25) is 0 Å². The summed E-state index contributed by atoms with van der Waals surface area (Å²) in [5.41, 5.74) is 7.18. The molecule has 3 heterocycles. The number of aromatic nitrogens is 5. The van der Waals surface area contributed by atoms with Crippen LogP contribution in [-0.2, 0) is 0 Å². The Morgan fingerprint density at radius 2 is 1.79 bits per heavy atom. The van der Waals surface area contributed by atoms with E-state index in [1.807, 2.05) is 6.92 Å². The molecule has 19 heavy (non-hydrogen) atoms. The van der Waals surface area contributed by atoms with Gasteiger partial charge in [0, 0.05) is 18.6 Å². The van der Waals surface area contributed by atoms with E-state index in [9.17, 15) is 0 Å². The zero-order chi connectivity index (χ0) is 13.2. The molecule has 0 atom stereocenters. The van der Waals surface area contributed by atoms with Crippen molar-refractivity contribution < 1.29 is 4.52 Å². The SMILES string of the molecule is Cc1cnc(-c2noc(-c3ccc(N)nc3)n2)nc1. The van der Waals surface area contributed by atoms with Crippen molar-refractivity contribution in [2.24, 2.45) is 0 Å². The van der Waals surface area contributed by atoms with E-state index in [0.717, 1.165) is 5.56 Å². The largest absolute Gasteiger partial charge is 0.384 e. The molecule has 3 aromatic rings. The molecule has 0 fully saturated rings. The molecule has 0 aliphatic carbocycles. The van der Waals surface area contributed by atoms with E-state index in [1.165, 1.54) is 0 Å². The summed E-state index contributed by atoms with van der Waals surface area (Å²) in [6.07, 6.45) is 4.97. The van der Waals surface area contributed by atoms with Gasteiger partial charge in [-0.25, -0.2) is 15.0 Å². The van der Waals surface area contributed by atoms with E-state index >= 15 is 0 Å². The molecule has 3 rings (SSSR count). The van der Waals surface area contributed by atoms with E-state index in [0.29, 0.717) is 28.9 Å². The maximum absolute atomic E-state index is 5.52. The molecule has 0 bridgehead atoms. The van der Waals surface area contributed by atoms with Gasteiger partial charge in [-0.3, -0.25) is 0 Å². The number of nitrogens with two attached hydrogens (primary N) is 1. The lowest BCUT2D eigenvalue weighted by atomic mass is 10.3. The molecule has 0 aliphatic heterocycles. The van der Waals surface area contributed by atoms with Crippen LogP contribution in [0.25, 0.3) is 23.1 Å². The minimum absolute atomic E-state index is 0.340. The average Bonchev–Trinajstić information content (AvgIpc) is 2.90. The molecule has 7 heteroatoms. The molecule has 94 valence electrons. The first-order valence-corrected chi connectivity index (χ1v) is 5.57. The molecule has 7 nitrogen and oxygen atoms in total. The topological polar surface area (TPSA) is 104 Å². The minimum Gasteiger partial charge on any atom is -0.384 e. The Bertz CT molecular complexity index is 629. The van der Waals surface area contributed by atoms with Crippen LogP contribution in [0.15, 0.2) is 35.2 Å². The fourth-order valence-corrected chi connectivity index (χ4v) is 1.47. The number of hydrogen-bond donors (Lipinski definition) is 1. The second-order valence-corrected chi connectivity index (χ2v) is 3.98. The van der Waals surface area contributed by atoms with Gasteiger partial charge >= 0.3 is 0 Å². The first-order chi connectivity index (χ1) is 9.22. The Hall–Kier alpha value is -2.83. The van der Waals surface area contributed by atoms with Crippen LogP contribution in [0, 0.1) is 6.92 Å². The van der Waals surface area contributed by atoms with Gasteiger partial charge in [-0.15, -0.1) is 0 Å². The van der Waals surface area contributed by atoms with Crippen LogP contribution < -0.4 is 5.73 Å². The highest BCUT2D eigenvalue weighted by Crippen LogP contribution is 2.19. The van der Waals surface area contributed by atoms with Crippen molar-refractivity contribution in [3.63, 3.8) is 0 Å². The van der Waals surface area contributed by atoms with Gasteiger partial charge in [0.1, 0.15) is 5.82 Å². The quantitative estimate of drug-likeness (QED) is 0.738. The maximum Gasteiger partial charge on any atom is 0.259 e. The van der Waals surface area contributed by atoms with Crippen molar-refractivity contribution in [1.82, 2.24) is 25.1 Å². The van der Waals surface area contributed by atoms with E-state index in [2.05, 4.69) is 25.1 Å². The number of nitrogen functional groups attached to an aromatic ring is 1. The number of rotatable bonds is 2. The molecular formula is C12H10N6O. The summed E-state index contributed by atoms with van der Waals surface area (Å²) < 4.78 is 5.15. The predicted molar refractivity (Wildman–Crippen MR) is 67.7 cm³/mol. The number of aryl methyl sites for hydroxylation is 1. The van der Waals surface area contributed by atoms with Crippen LogP contribution in [0.4, 0.5) is 5.82 Å². The predicted octanol–water partition coefficient (Wildman–Crippen LogP) is 1.48. The van der Waals surface area contributed by atoms with Gasteiger partial charge in [0.2, 0.25) is 11.6 Å². The Morgan fingerprint density at radius 1 is 1.00 bits per heavy atom. The molecule has 0 radical (unpaired) electrons. The highest BCUT2D eigenvalue weighted by molar-refractivity contribution is 5.56. The average molecular weight is 254 g/mol. The molecule has 0 amide bonds. The Labute approximate surface area is 108 Å². The van der Waals surface area contributed by atoms with Crippen LogP contribution in [0.1, 0.15) is 5.56 Å². The fourth-order valence-electron chi connectivity index (χ4n) is 1.47. The van der Waals surface area contributed by atoms with Crippen LogP contribution >= 0.6 is 0 Å². The van der Waals surface area contributed by atoms with Gasteiger partial charge in [0.15, 0.2) is 0 Å². The van der Waals surface area contributed by atoms with Crippen molar-refractivity contribution in [2.75, 3.05) is 5.73 Å². The lowest BCUT2D eigenvalue weighted by molar-refractivity contribution is 0.431. The van der Waals surface area contributed by atoms with E-state index in [1.54, 1.807) is 30.7 Å². The normalized spacial score (nSPS) is 10.6. The van der Waals surface area contributed by atoms with Crippen molar-refractivity contribution in [2.45, 2.75) is 6.92 Å². The molecule has 0 saturated heterocycles. The first kappa shape index (κ1) is 11.3. The van der Waals surface area contributed by atoms with E-state index in [4.69, 9.17) is 10.3 Å². The molecule has 0 aliphatic rings. The van der Waals surface area contributed by atoms with Gasteiger partial charge in [0.25, 0.3) is 5.89 Å². The lowest BCUT2D eigenvalue weighted by Gasteiger charge is -1.94. The Morgan fingerprint density at radius 3 is 2.47 bits per heavy atom. The summed E-state index contributed by atoms with van der Waals surface area (Å²) in [6, 6.07) is 3.43. The third-order valence-corrected chi connectivity index (χ3v) is 2.44. The molecule has 3 aromatic heterocycles. The maximum atomic E-state index is 5.52. The van der Waals surface area contributed by atoms with E-state index < -0.39 is 0 Å². The number of pyridine rings is 1. The van der Waals surface area contributed by atoms with Gasteiger partial charge in [-0.1, -0.05) is 5.16 Å². The summed E-state index contributed by atoms with van der Waals surface area (Å²) >= 11 is 0. The van der Waals surface area contributed by atoms with Crippen molar-refractivity contribution in [1.29, 1.82) is 0 Å². The number of anilines is 1. The highest BCUT2D eigenvalue weighted by atomic mass is 16.5. The van der Waals surface area contributed by atoms with Gasteiger partial charge in [-0.05, 0) is 24.6 Å². The second-order valence-electron chi connectivity index (χ2n) is 3.98. The van der Waals surface area contributed by atoms with Crippen molar-refractivity contribution in [3.05, 3.63) is 36.3 Å². The summed E-state index contributed by atoms with van der Waals surface area (Å²) in [5, 5.41) is 3.84. The zero-order valence-electron chi connectivity index (χ0n) is 10.1. The third kappa shape index (κ3) is 2.25. The molecule has 0 saturated carbocycles. The lowest BCUT2D eigenvalue weighted by Crippen LogP contribution is -1.91. The minimum atomic E-state index is 0.340. The first-order valence-electron chi connectivity index (χ1n) is 5.57. The van der Waals surface area contributed by atoms with Crippen LogP contribution in [0.5, 0.6) is 0 Å². The summed E-state index contributed by atoms with van der Waals surface area (Å²) in [6.45, 7) is 1.91. The summed E-state index contributed by atoms with van der Waals surface area (Å²) in [4.78, 5) is 16.5. The number of hydrogen-bond acceptors (Lipinski definition) is 7. The summed E-state index contributed by atoms with van der Waals surface area (Å²) in [5.74, 6) is 1.55. The smallest absolute Gasteiger partial charge is 0.259 e. The fraction of sp³-hybridized carbons (Fsp3) is 0.0833. The third-order valence-electron chi connectivity index (χ3n) is 2.44. The monoisotopic (exact) mass is 254 g/mol. The zero-order valence-corrected chi connectivity index (χ0v) is 10.1. The van der Waals surface area contributed by atoms with Gasteiger partial charge < -0.3 is 10.3 Å². The number of nitrogens with zero attached hydrogens (tertiary/aromatic N) is 5. The Balaban J connectivity index is 1.95. The van der Waals surface area contributed by atoms with E-state index in [-0.39, 0.29) is 0 Å². The molecular weight excluding hydrogens is 244 g/mol. The molecule has 0 spiro atoms. The van der Waals surface area contributed by atoms with Crippen molar-refractivity contribution >= 4 is 5.82 Å². The summed E-state index contributed by atoms with van der Waals surface area (Å²) in [7, 11) is 0. The molecule has 2 N–H and O–H groups in total. The highest BCUT2D eigenvalue weighted by Gasteiger charge is 2.12. The second kappa shape index (κ2) is 4.45. The van der Waals surface area contributed by atoms with Gasteiger partial charge in [-0.2, -0.15) is 4.98 Å². The van der Waals surface area contributed by atoms with Crippen LogP contribution in [0.3, 0.4) is 0 Å². The Kier molecular flexibility index (Phi) is 2.64. The standard InChI is InChI=1S/C12H10N6O/c1-7-4-15-10(16-5-7)11-17-12(19-18-11)8-2-3-9(13)14-6-8/h2-6H,1H3,(H2,13,14). The molecule has 0 aromatic carbocycles.